The lowest BCUT2D eigenvalue weighted by atomic mass is 9.86. The van der Waals surface area contributed by atoms with Crippen molar-refractivity contribution in [2.75, 3.05) is 66.2 Å². The third-order valence-corrected chi connectivity index (χ3v) is 27.4. The first-order valence-electron chi connectivity index (χ1n) is 48.7. The number of hydrogen-bond donors (Lipinski definition) is 6. The fraction of sp³-hybridized carbons (Fsp3) is 0.509. The summed E-state index contributed by atoms with van der Waals surface area (Å²) in [4.78, 5) is 174. The lowest BCUT2D eigenvalue weighted by Gasteiger charge is -2.30. The number of rotatable bonds is 63. The molecule has 0 saturated carbocycles. The van der Waals surface area contributed by atoms with Gasteiger partial charge in [0.05, 0.1) is 84.0 Å². The number of Topliss-reactive ketones (excluding diaryl/α,β-unsaturated/α-hetero) is 8. The predicted octanol–water partition coefficient (Wildman–Crippen LogP) is 10.5. The van der Waals surface area contributed by atoms with E-state index in [0.29, 0.717) is 81.0 Å². The molecule has 1 aliphatic heterocycles. The topological polar surface area (TPSA) is 457 Å². The van der Waals surface area contributed by atoms with E-state index in [0.717, 1.165) is 37.1 Å². The fourth-order valence-electron chi connectivity index (χ4n) is 16.9. The van der Waals surface area contributed by atoms with Crippen LogP contribution >= 0.6 is 0 Å². The number of nitrogens with one attached hydrogen (secondary N) is 4. The molecule has 6 N–H and O–H groups in total. The van der Waals surface area contributed by atoms with Gasteiger partial charge in [0.15, 0.2) is 34.7 Å². The van der Waals surface area contributed by atoms with Crippen molar-refractivity contribution in [2.24, 2.45) is 47.3 Å². The maximum Gasteiger partial charge on any atom is 0.297 e. The quantitative estimate of drug-likeness (QED) is 0.0152. The van der Waals surface area contributed by atoms with Gasteiger partial charge < -0.3 is 36.2 Å². The second-order valence-corrected chi connectivity index (χ2v) is 42.5. The van der Waals surface area contributed by atoms with Gasteiger partial charge >= 0.3 is 0 Å². The Balaban J connectivity index is 0.758. The highest BCUT2D eigenvalue weighted by molar-refractivity contribution is 7.87. The van der Waals surface area contributed by atoms with Crippen LogP contribution in [-0.4, -0.2) is 238 Å². The minimum absolute atomic E-state index is 0.0129. The van der Waals surface area contributed by atoms with E-state index in [1.165, 1.54) is 45.8 Å². The number of ether oxygens (including phenoxy) is 1. The average molecular weight is 1980 g/mol. The molecule has 1 aliphatic rings. The number of morpholine rings is 1. The lowest BCUT2D eigenvalue weighted by Crippen LogP contribution is -2.54. The molecular formula is C106H140N12O21S2. The molecule has 0 spiro atoms. The Bertz CT molecular complexity index is 5670. The fourth-order valence-corrected chi connectivity index (χ4v) is 19.0. The summed E-state index contributed by atoms with van der Waals surface area (Å²) in [6.45, 7) is 19.7. The number of benzene rings is 6. The molecule has 3 heterocycles. The predicted molar refractivity (Wildman–Crippen MR) is 529 cm³/mol. The average Bonchev–Trinajstić information content (AvgIpc) is 1.24. The molecule has 10 atom stereocenters. The molecule has 1 fully saturated rings. The van der Waals surface area contributed by atoms with Gasteiger partial charge in [-0.05, 0) is 162 Å². The molecule has 6 aromatic carbocycles. The van der Waals surface area contributed by atoms with Crippen LogP contribution in [0.1, 0.15) is 208 Å². The molecule has 33 nitrogen and oxygen atoms in total. The van der Waals surface area contributed by atoms with Crippen LogP contribution in [0.25, 0.3) is 0 Å². The molecule has 4 amide bonds. The van der Waals surface area contributed by atoms with Gasteiger partial charge in [0.1, 0.15) is 42.7 Å². The highest BCUT2D eigenvalue weighted by Gasteiger charge is 2.44. The molecule has 2 unspecified atom stereocenters. The Morgan fingerprint density at radius 2 is 0.794 bits per heavy atom. The van der Waals surface area contributed by atoms with Gasteiger partial charge in [0.2, 0.25) is 23.6 Å². The Kier molecular flexibility index (Phi) is 43.8. The Morgan fingerprint density at radius 1 is 0.447 bits per heavy atom. The first-order valence-corrected chi connectivity index (χ1v) is 51.5. The van der Waals surface area contributed by atoms with E-state index < -0.39 is 161 Å². The van der Waals surface area contributed by atoms with E-state index in [4.69, 9.17) is 13.1 Å². The molecule has 35 heteroatoms. The maximum atomic E-state index is 14.8. The van der Waals surface area contributed by atoms with Gasteiger partial charge in [0.25, 0.3) is 20.2 Å². The van der Waals surface area contributed by atoms with E-state index in [1.54, 1.807) is 101 Å². The third kappa shape index (κ3) is 37.4. The summed E-state index contributed by atoms with van der Waals surface area (Å²) in [5, 5.41) is 51.9. The van der Waals surface area contributed by atoms with Crippen molar-refractivity contribution in [1.82, 2.24) is 61.1 Å². The van der Waals surface area contributed by atoms with Crippen LogP contribution in [0.3, 0.4) is 0 Å². The Labute approximate surface area is 828 Å². The van der Waals surface area contributed by atoms with E-state index >= 15 is 0 Å². The van der Waals surface area contributed by atoms with Crippen LogP contribution in [0, 0.1) is 47.3 Å². The van der Waals surface area contributed by atoms with Gasteiger partial charge in [-0.25, -0.2) is 9.36 Å². The molecule has 1 saturated heterocycles. The van der Waals surface area contributed by atoms with Crippen molar-refractivity contribution in [3.8, 4) is 0 Å². The van der Waals surface area contributed by atoms with E-state index in [2.05, 4.69) is 41.9 Å². The van der Waals surface area contributed by atoms with Crippen LogP contribution in [0.2, 0.25) is 0 Å². The maximum absolute atomic E-state index is 14.8. The van der Waals surface area contributed by atoms with Crippen molar-refractivity contribution >= 4 is 90.1 Å². The number of carbonyl (C=O) groups is 12. The smallest absolute Gasteiger partial charge is 0.297 e. The van der Waals surface area contributed by atoms with Crippen molar-refractivity contribution in [3.05, 3.63) is 227 Å². The highest BCUT2D eigenvalue weighted by atomic mass is 32.2. The second kappa shape index (κ2) is 54.6. The molecule has 762 valence electrons. The SMILES string of the molecule is CCN(C)CC(=O)C[C@@H](CCc1ccccc1)C(=O)N[C@@H](CC(C)C)C(=O)C[C@@H](Cc1ccccc1)C(=O)N[C@@H](CC(C)C)C(=O)C(C)(O)COS(=O)(=O)c1cccc(C(=O)CCc2cn(Cn3cc(CCC(=O)c4cccc(S(=O)(=O)OCC(C)(O)C(=O)[C@H](CC(C)C)NC(=O)[C@@H](CC(=O)[C@H](CC(C)C)NC(=O)[C@H](CCc5ccccc5)CC(=O)CN5CCOCC5)Cc5ccccc5)c4)nn3)nn2)c1. The normalized spacial score (nSPS) is 15.3. The molecule has 9 rings (SSSR count). The summed E-state index contributed by atoms with van der Waals surface area (Å²) in [5.41, 5.74) is -0.999. The van der Waals surface area contributed by atoms with Crippen LogP contribution in [-0.2, 0) is 126 Å². The van der Waals surface area contributed by atoms with Gasteiger partial charge in [0, 0.05) is 99.3 Å². The zero-order valence-electron chi connectivity index (χ0n) is 83.1. The van der Waals surface area contributed by atoms with Gasteiger partial charge in [-0.1, -0.05) is 218 Å². The number of ketones is 8. The molecule has 2 aromatic heterocycles. The van der Waals surface area contributed by atoms with Crippen LogP contribution in [0.15, 0.2) is 192 Å². The molecule has 8 aromatic rings. The lowest BCUT2D eigenvalue weighted by molar-refractivity contribution is -0.144. The summed E-state index contributed by atoms with van der Waals surface area (Å²) in [6, 6.07) is 42.1. The number of aryl methyl sites for hydroxylation is 4. The third-order valence-electron chi connectivity index (χ3n) is 24.8. The van der Waals surface area contributed by atoms with Crippen LogP contribution < -0.4 is 21.3 Å². The van der Waals surface area contributed by atoms with Gasteiger partial charge in [-0.2, -0.15) is 16.8 Å². The summed E-state index contributed by atoms with van der Waals surface area (Å²) < 4.78 is 74.8. The van der Waals surface area contributed by atoms with Gasteiger partial charge in [-0.15, -0.1) is 10.2 Å². The van der Waals surface area contributed by atoms with Crippen molar-refractivity contribution in [1.29, 1.82) is 0 Å². The van der Waals surface area contributed by atoms with E-state index in [9.17, 15) is 84.6 Å². The number of amides is 4. The number of carbonyl (C=O) groups excluding carboxylic acids is 12. The van der Waals surface area contributed by atoms with Gasteiger partial charge in [-0.3, -0.25) is 75.7 Å². The Morgan fingerprint density at radius 3 is 1.16 bits per heavy atom. The monoisotopic (exact) mass is 1980 g/mol. The molecule has 0 radical (unpaired) electrons. The number of likely N-dealkylation sites (N-methyl/N-ethyl adjacent to an activating group) is 1. The van der Waals surface area contributed by atoms with Crippen molar-refractivity contribution < 1.29 is 97.7 Å². The zero-order valence-corrected chi connectivity index (χ0v) is 84.7. The summed E-state index contributed by atoms with van der Waals surface area (Å²) in [6.07, 6.45) is 4.25. The van der Waals surface area contributed by atoms with E-state index in [-0.39, 0.29) is 156 Å². The zero-order chi connectivity index (χ0) is 103. The largest absolute Gasteiger partial charge is 0.380 e. The van der Waals surface area contributed by atoms with Crippen LogP contribution in [0.5, 0.6) is 0 Å². The summed E-state index contributed by atoms with van der Waals surface area (Å²) >= 11 is 0. The number of aliphatic hydroxyl groups is 2. The first-order chi connectivity index (χ1) is 66.9. The standard InChI is InChI=1S/C106H140N12O21S2/c1-13-115(12)66-87(119)58-81(42-40-75-28-18-14-19-29-75)101(127)107-91(52-71(2)3)97(123)62-83(56-77-32-22-16-23-33-77)103(129)109-93(54-73(6)7)99(125)105(10,131)68-138-140(133,134)89-38-26-36-79(60-89)95(121)46-44-85-64-117(113-111-85)70-118-65-86(112-114-118)45-47-96(122)80-37-27-39-90(61-80)141(135,136)139-69-106(11,132)100(126)94(55-74(8)9)110-104(130)84(57-78-34-24-17-25-35-78)63-98(124)92(53-72(4)5)108-102(128)82(43-41-76-30-20-15-21-31-76)59-88(120)67-116-48-50-137-51-49-116/h14-39,60-61,64-65,71-74,81-84,91-94,131-132H,13,40-59,62-63,66-70H2,1-12H3,(H,107,127)(H,108,128)(H,109,129)(H,110,130)/t81-,82-,83-,84-,91+,92+,93+,94+,105?,106?/m1/s1. The highest BCUT2D eigenvalue weighted by Crippen LogP contribution is 2.29. The summed E-state index contributed by atoms with van der Waals surface area (Å²) in [7, 11) is -7.76. The van der Waals surface area contributed by atoms with Crippen LogP contribution in [0.4, 0.5) is 0 Å². The van der Waals surface area contributed by atoms with Crippen molar-refractivity contribution in [2.45, 2.75) is 244 Å². The van der Waals surface area contributed by atoms with Crippen molar-refractivity contribution in [3.63, 3.8) is 0 Å². The Hall–Kier alpha value is -11.5. The second-order valence-electron chi connectivity index (χ2n) is 39.3. The summed E-state index contributed by atoms with van der Waals surface area (Å²) in [5.74, 6) is -10.8. The number of nitrogens with zero attached hydrogens (tertiary/aromatic N) is 8. The molecule has 0 aliphatic carbocycles. The minimum Gasteiger partial charge on any atom is -0.380 e. The molecule has 0 bridgehead atoms. The number of hydrogen-bond acceptors (Lipinski definition) is 27. The minimum atomic E-state index is -4.79. The molecule has 141 heavy (non-hydrogen) atoms. The molecular weight excluding hydrogens is 1840 g/mol. The first kappa shape index (κ1) is 113. The number of aromatic nitrogens is 6. The van der Waals surface area contributed by atoms with E-state index in [1.807, 2.05) is 112 Å².